The van der Waals surface area contributed by atoms with Gasteiger partial charge < -0.3 is 19.8 Å². The highest BCUT2D eigenvalue weighted by molar-refractivity contribution is 7.99. The number of allylic oxidation sites excluding steroid dienone is 1. The van der Waals surface area contributed by atoms with Gasteiger partial charge in [-0.25, -0.2) is 0 Å². The molecule has 35 heavy (non-hydrogen) atoms. The Kier molecular flexibility index (Phi) is 14.8. The van der Waals surface area contributed by atoms with Crippen LogP contribution in [-0.4, -0.2) is 22.5 Å². The molecule has 0 aromatic carbocycles. The van der Waals surface area contributed by atoms with Crippen LogP contribution in [0.25, 0.3) is 0 Å². The van der Waals surface area contributed by atoms with Crippen LogP contribution in [0, 0.1) is 17.8 Å². The number of hydrogen-bond donors (Lipinski definition) is 2. The van der Waals surface area contributed by atoms with Crippen LogP contribution in [0.2, 0.25) is 0 Å². The van der Waals surface area contributed by atoms with Crippen molar-refractivity contribution in [1.29, 1.82) is 0 Å². The zero-order valence-corrected chi connectivity index (χ0v) is 23.5. The van der Waals surface area contributed by atoms with Gasteiger partial charge in [-0.05, 0) is 37.5 Å². The Bertz CT molecular complexity index is 758. The molecule has 1 aliphatic rings. The molecule has 2 heterocycles. The summed E-state index contributed by atoms with van der Waals surface area (Å²) in [7, 11) is 0. The van der Waals surface area contributed by atoms with E-state index < -0.39 is 0 Å². The molecule has 0 saturated carbocycles. The molecule has 2 rings (SSSR count). The van der Waals surface area contributed by atoms with Crippen molar-refractivity contribution in [2.75, 3.05) is 16.8 Å². The molecule has 3 unspecified atom stereocenters. The first-order valence-electron chi connectivity index (χ1n) is 13.6. The van der Waals surface area contributed by atoms with E-state index in [1.54, 1.807) is 25.0 Å². The first-order valence-corrected chi connectivity index (χ1v) is 14.7. The van der Waals surface area contributed by atoms with Crippen LogP contribution in [0.15, 0.2) is 53.1 Å². The van der Waals surface area contributed by atoms with Gasteiger partial charge in [0, 0.05) is 17.7 Å². The highest BCUT2D eigenvalue weighted by Gasteiger charge is 2.17. The number of aromatic nitrogens is 1. The molecule has 1 aliphatic heterocycles. The predicted molar refractivity (Wildman–Crippen MR) is 151 cm³/mol. The van der Waals surface area contributed by atoms with E-state index in [0.29, 0.717) is 0 Å². The van der Waals surface area contributed by atoms with E-state index in [1.165, 1.54) is 69.8 Å². The summed E-state index contributed by atoms with van der Waals surface area (Å²) in [6.07, 6.45) is 22.9. The molecule has 0 radical (unpaired) electrons. The third-order valence-corrected chi connectivity index (χ3v) is 7.67. The van der Waals surface area contributed by atoms with Crippen LogP contribution in [0.1, 0.15) is 92.4 Å². The monoisotopic (exact) mass is 503 g/mol. The second-order valence-electron chi connectivity index (χ2n) is 10.7. The summed E-state index contributed by atoms with van der Waals surface area (Å²) in [6.45, 7) is 11.8. The molecule has 0 spiro atoms. The number of rotatable bonds is 19. The topological polar surface area (TPSA) is 59.3 Å². The van der Waals surface area contributed by atoms with Crippen LogP contribution < -0.4 is 10.6 Å². The Morgan fingerprint density at radius 3 is 2.40 bits per heavy atom. The largest absolute Gasteiger partial charge is 0.469 e. The summed E-state index contributed by atoms with van der Waals surface area (Å²) >= 11 is 1.91. The minimum Gasteiger partial charge on any atom is -0.469 e. The number of nitrogens with one attached hydrogen (secondary N) is 2. The minimum absolute atomic E-state index is 0.0718. The minimum atomic E-state index is 0.0718. The Hall–Kier alpha value is -1.82. The van der Waals surface area contributed by atoms with Crippen molar-refractivity contribution in [2.24, 2.45) is 17.8 Å². The van der Waals surface area contributed by atoms with Gasteiger partial charge in [0.05, 0.1) is 11.7 Å². The van der Waals surface area contributed by atoms with Gasteiger partial charge in [-0.1, -0.05) is 84.3 Å². The summed E-state index contributed by atoms with van der Waals surface area (Å²) in [4.78, 5) is 4.19. The van der Waals surface area contributed by atoms with Gasteiger partial charge in [0.25, 0.3) is 0 Å². The van der Waals surface area contributed by atoms with Crippen LogP contribution in [0.5, 0.6) is 0 Å². The van der Waals surface area contributed by atoms with Crippen LogP contribution in [0.4, 0.5) is 5.82 Å². The van der Waals surface area contributed by atoms with Gasteiger partial charge in [-0.3, -0.25) is 0 Å². The van der Waals surface area contributed by atoms with E-state index >= 15 is 0 Å². The Labute approximate surface area is 218 Å². The van der Waals surface area contributed by atoms with E-state index in [-0.39, 0.29) is 6.04 Å². The van der Waals surface area contributed by atoms with Crippen molar-refractivity contribution in [2.45, 2.75) is 98.4 Å². The molecule has 1 aromatic heterocycles. The quantitative estimate of drug-likeness (QED) is 0.146. The zero-order chi connectivity index (χ0) is 25.3. The molecule has 0 bridgehead atoms. The lowest BCUT2D eigenvalue weighted by Crippen LogP contribution is -2.32. The van der Waals surface area contributed by atoms with Gasteiger partial charge >= 0.3 is 0 Å². The lowest BCUT2D eigenvalue weighted by molar-refractivity contribution is 0.379. The summed E-state index contributed by atoms with van der Waals surface area (Å²) in [6, 6.07) is 0.0718. The predicted octanol–water partition coefficient (Wildman–Crippen LogP) is 8.51. The standard InChI is InChI=1S/C29H49N3O2S/c1-23(2)9-6-10-24(3)11-7-12-25(4)13-8-14-26(5)15-18-35-21-28(27-19-33-17-16-30-27)32-29-20-34-22-31-29/h15-17,19-20,22-25,28,30,32H,6-14,18,21H2,1-5H3/b26-15+. The smallest absolute Gasteiger partial charge is 0.182 e. The van der Waals surface area contributed by atoms with E-state index in [1.807, 2.05) is 11.8 Å². The number of thioether (sulfide) groups is 1. The third-order valence-electron chi connectivity index (χ3n) is 6.70. The van der Waals surface area contributed by atoms with E-state index in [0.717, 1.165) is 40.8 Å². The number of ether oxygens (including phenoxy) is 1. The molecule has 3 atom stereocenters. The Morgan fingerprint density at radius 2 is 1.77 bits per heavy atom. The summed E-state index contributed by atoms with van der Waals surface area (Å²) < 4.78 is 10.4. The number of oxazole rings is 1. The lowest BCUT2D eigenvalue weighted by atomic mass is 9.91. The molecule has 1 aromatic rings. The van der Waals surface area contributed by atoms with Crippen LogP contribution in [0.3, 0.4) is 0 Å². The van der Waals surface area contributed by atoms with Gasteiger partial charge in [0.2, 0.25) is 0 Å². The first kappa shape index (κ1) is 29.4. The fourth-order valence-electron chi connectivity index (χ4n) is 4.37. The molecular formula is C29H49N3O2S. The molecule has 0 fully saturated rings. The van der Waals surface area contributed by atoms with Crippen LogP contribution in [-0.2, 0) is 4.74 Å². The van der Waals surface area contributed by atoms with E-state index in [9.17, 15) is 0 Å². The summed E-state index contributed by atoms with van der Waals surface area (Å²) in [5, 5.41) is 6.67. The molecule has 0 saturated heterocycles. The fourth-order valence-corrected chi connectivity index (χ4v) is 5.40. The molecular weight excluding hydrogens is 454 g/mol. The maximum absolute atomic E-state index is 5.34. The molecule has 198 valence electrons. The van der Waals surface area contributed by atoms with Crippen molar-refractivity contribution in [3.8, 4) is 0 Å². The lowest BCUT2D eigenvalue weighted by Gasteiger charge is -2.22. The van der Waals surface area contributed by atoms with E-state index in [2.05, 4.69) is 56.3 Å². The molecule has 0 aliphatic carbocycles. The molecule has 2 N–H and O–H groups in total. The van der Waals surface area contributed by atoms with Gasteiger partial charge in [-0.2, -0.15) is 16.7 Å². The maximum Gasteiger partial charge on any atom is 0.182 e. The van der Waals surface area contributed by atoms with Gasteiger partial charge in [0.1, 0.15) is 18.8 Å². The first-order chi connectivity index (χ1) is 16.9. The number of nitrogens with zero attached hydrogens (tertiary/aromatic N) is 1. The zero-order valence-electron chi connectivity index (χ0n) is 22.7. The summed E-state index contributed by atoms with van der Waals surface area (Å²) in [5.74, 6) is 5.23. The Balaban J connectivity index is 1.57. The normalized spacial score (nSPS) is 16.4. The maximum atomic E-state index is 5.34. The number of anilines is 1. The second kappa shape index (κ2) is 17.6. The van der Waals surface area contributed by atoms with Crippen molar-refractivity contribution in [1.82, 2.24) is 10.3 Å². The average Bonchev–Trinajstić information content (AvgIpc) is 3.34. The Morgan fingerprint density at radius 1 is 1.06 bits per heavy atom. The van der Waals surface area contributed by atoms with Gasteiger partial charge in [-0.15, -0.1) is 0 Å². The summed E-state index contributed by atoms with van der Waals surface area (Å²) in [5.41, 5.74) is 2.49. The fraction of sp³-hybridized carbons (Fsp3) is 0.690. The number of hydrogen-bond acceptors (Lipinski definition) is 6. The average molecular weight is 504 g/mol. The highest BCUT2D eigenvalue weighted by Crippen LogP contribution is 2.22. The van der Waals surface area contributed by atoms with Gasteiger partial charge in [0.15, 0.2) is 12.2 Å². The molecule has 5 nitrogen and oxygen atoms in total. The SMILES string of the molecule is C/C(=C\CSCC(Nc1cocn1)C1=COC=CN1)CCCC(C)CCCC(C)CCCC(C)C. The van der Waals surface area contributed by atoms with E-state index in [4.69, 9.17) is 9.15 Å². The second-order valence-corrected chi connectivity index (χ2v) is 11.7. The van der Waals surface area contributed by atoms with Crippen molar-refractivity contribution in [3.05, 3.63) is 48.7 Å². The molecule has 0 amide bonds. The highest BCUT2D eigenvalue weighted by atomic mass is 32.2. The molecule has 6 heteroatoms. The van der Waals surface area contributed by atoms with Crippen LogP contribution >= 0.6 is 11.8 Å². The van der Waals surface area contributed by atoms with Crippen molar-refractivity contribution < 1.29 is 9.15 Å². The van der Waals surface area contributed by atoms with Crippen molar-refractivity contribution >= 4 is 17.6 Å². The van der Waals surface area contributed by atoms with Crippen molar-refractivity contribution in [3.63, 3.8) is 0 Å². The third kappa shape index (κ3) is 13.7.